The summed E-state index contributed by atoms with van der Waals surface area (Å²) >= 11 is 1.62. The Hall–Kier alpha value is -3.39. The largest absolute Gasteiger partial charge is 0.507 e. The van der Waals surface area contributed by atoms with Gasteiger partial charge in [-0.05, 0) is 23.6 Å². The molecule has 0 amide bonds. The zero-order valence-corrected chi connectivity index (χ0v) is 15.4. The number of ether oxygens (including phenoxy) is 1. The number of rotatable bonds is 3. The van der Waals surface area contributed by atoms with Gasteiger partial charge in [-0.2, -0.15) is 5.10 Å². The van der Waals surface area contributed by atoms with E-state index in [1.54, 1.807) is 16.3 Å². The third kappa shape index (κ3) is 2.61. The van der Waals surface area contributed by atoms with Crippen molar-refractivity contribution in [2.24, 2.45) is 5.10 Å². The molecule has 0 radical (unpaired) electrons. The third-order valence-corrected chi connectivity index (χ3v) is 5.91. The number of phenols is 1. The van der Waals surface area contributed by atoms with Crippen molar-refractivity contribution in [3.05, 3.63) is 86.1 Å². The van der Waals surface area contributed by atoms with Crippen LogP contribution in [0.15, 0.2) is 65.1 Å². The average molecular weight is 393 g/mol. The molecule has 2 aromatic carbocycles. The average Bonchev–Trinajstić information content (AvgIpc) is 3.37. The Kier molecular flexibility index (Phi) is 3.80. The number of nitrogens with zero attached hydrogens (tertiary/aromatic N) is 3. The summed E-state index contributed by atoms with van der Waals surface area (Å²) in [5.74, 6) is 0.635. The molecule has 0 fully saturated rings. The van der Waals surface area contributed by atoms with Gasteiger partial charge in [-0.25, -0.2) is 5.01 Å². The molecule has 28 heavy (non-hydrogen) atoms. The fraction of sp³-hybridized carbons (Fsp3) is 0.150. The quantitative estimate of drug-likeness (QED) is 0.519. The maximum atomic E-state index is 11.2. The van der Waals surface area contributed by atoms with Crippen LogP contribution in [-0.4, -0.2) is 20.8 Å². The van der Waals surface area contributed by atoms with Crippen LogP contribution in [0.25, 0.3) is 0 Å². The van der Waals surface area contributed by atoms with Crippen molar-refractivity contribution in [1.82, 2.24) is 5.01 Å². The summed E-state index contributed by atoms with van der Waals surface area (Å²) in [5.41, 5.74) is 2.17. The van der Waals surface area contributed by atoms with Crippen LogP contribution in [0.3, 0.4) is 0 Å². The van der Waals surface area contributed by atoms with Gasteiger partial charge < -0.3 is 9.84 Å². The Labute approximate surface area is 164 Å². The van der Waals surface area contributed by atoms with E-state index in [1.807, 2.05) is 41.8 Å². The predicted octanol–water partition coefficient (Wildman–Crippen LogP) is 4.60. The van der Waals surface area contributed by atoms with E-state index in [9.17, 15) is 15.2 Å². The fourth-order valence-corrected chi connectivity index (χ4v) is 4.41. The predicted molar refractivity (Wildman–Crippen MR) is 105 cm³/mol. The first-order chi connectivity index (χ1) is 13.6. The number of hydrazone groups is 1. The molecule has 7 nitrogen and oxygen atoms in total. The Morgan fingerprint density at radius 1 is 1.18 bits per heavy atom. The number of thiophene rings is 1. The standard InChI is InChI=1S/C20H15N3O4S/c24-17-8-7-12(23(25)26)10-14(17)20-22-16(13-4-1-2-5-18(13)27-20)11-15(21-22)19-6-3-9-28-19/h1-10,16,20,24H,11H2. The highest BCUT2D eigenvalue weighted by molar-refractivity contribution is 7.12. The molecule has 3 aromatic rings. The molecule has 2 atom stereocenters. The molecule has 0 saturated carbocycles. The number of nitro groups is 1. The van der Waals surface area contributed by atoms with Crippen LogP contribution in [0.2, 0.25) is 0 Å². The Bertz CT molecular complexity index is 1100. The Morgan fingerprint density at radius 2 is 2.04 bits per heavy atom. The van der Waals surface area contributed by atoms with E-state index in [1.165, 1.54) is 18.2 Å². The summed E-state index contributed by atoms with van der Waals surface area (Å²) in [6.45, 7) is 0. The van der Waals surface area contributed by atoms with E-state index in [-0.39, 0.29) is 17.5 Å². The van der Waals surface area contributed by atoms with Crippen molar-refractivity contribution in [2.75, 3.05) is 0 Å². The van der Waals surface area contributed by atoms with Gasteiger partial charge in [0, 0.05) is 24.1 Å². The zero-order chi connectivity index (χ0) is 19.3. The highest BCUT2D eigenvalue weighted by Gasteiger charge is 2.42. The minimum absolute atomic E-state index is 0.0616. The molecule has 0 aliphatic carbocycles. The molecule has 0 spiro atoms. The number of phenolic OH excluding ortho intramolecular Hbond substituents is 1. The minimum Gasteiger partial charge on any atom is -0.507 e. The van der Waals surface area contributed by atoms with E-state index < -0.39 is 11.2 Å². The van der Waals surface area contributed by atoms with Gasteiger partial charge in [0.15, 0.2) is 0 Å². The molecule has 0 bridgehead atoms. The maximum absolute atomic E-state index is 11.2. The first-order valence-electron chi connectivity index (χ1n) is 8.74. The number of para-hydroxylation sites is 1. The molecule has 1 aromatic heterocycles. The van der Waals surface area contributed by atoms with Gasteiger partial charge >= 0.3 is 0 Å². The minimum atomic E-state index is -0.753. The van der Waals surface area contributed by atoms with E-state index in [0.717, 1.165) is 16.2 Å². The first-order valence-corrected chi connectivity index (χ1v) is 9.62. The smallest absolute Gasteiger partial charge is 0.270 e. The van der Waals surface area contributed by atoms with Crippen LogP contribution >= 0.6 is 11.3 Å². The topological polar surface area (TPSA) is 88.2 Å². The first kappa shape index (κ1) is 16.8. The van der Waals surface area contributed by atoms with Crippen molar-refractivity contribution in [2.45, 2.75) is 18.7 Å². The summed E-state index contributed by atoms with van der Waals surface area (Å²) < 4.78 is 6.15. The van der Waals surface area contributed by atoms with Crippen LogP contribution in [0.4, 0.5) is 5.69 Å². The normalized spacial score (nSPS) is 20.1. The number of hydrogen-bond donors (Lipinski definition) is 1. The van der Waals surface area contributed by atoms with Gasteiger partial charge in [-0.15, -0.1) is 11.3 Å². The van der Waals surface area contributed by atoms with Crippen molar-refractivity contribution in [3.8, 4) is 11.5 Å². The summed E-state index contributed by atoms with van der Waals surface area (Å²) in [7, 11) is 0. The van der Waals surface area contributed by atoms with Crippen molar-refractivity contribution < 1.29 is 14.8 Å². The molecule has 2 aliphatic heterocycles. The zero-order valence-electron chi connectivity index (χ0n) is 14.6. The summed E-state index contributed by atoms with van der Waals surface area (Å²) in [5, 5.41) is 30.2. The van der Waals surface area contributed by atoms with Crippen molar-refractivity contribution >= 4 is 22.7 Å². The molecule has 8 heteroatoms. The molecule has 3 heterocycles. The molecule has 2 aliphatic rings. The number of nitro benzene ring substituents is 1. The van der Waals surface area contributed by atoms with Gasteiger partial charge in [0.2, 0.25) is 6.23 Å². The lowest BCUT2D eigenvalue weighted by atomic mass is 9.97. The highest BCUT2D eigenvalue weighted by Crippen LogP contribution is 2.49. The SMILES string of the molecule is O=[N+]([O-])c1ccc(O)c(C2Oc3ccccc3C3CC(c4cccs4)=NN32)c1. The second-order valence-corrected chi connectivity index (χ2v) is 7.58. The highest BCUT2D eigenvalue weighted by atomic mass is 32.1. The number of benzene rings is 2. The second-order valence-electron chi connectivity index (χ2n) is 6.63. The summed E-state index contributed by atoms with van der Waals surface area (Å²) in [6.07, 6.45) is -0.0511. The second kappa shape index (κ2) is 6.35. The van der Waals surface area contributed by atoms with Crippen molar-refractivity contribution in [3.63, 3.8) is 0 Å². The van der Waals surface area contributed by atoms with Crippen LogP contribution in [0.5, 0.6) is 11.5 Å². The van der Waals surface area contributed by atoms with Gasteiger partial charge in [-0.3, -0.25) is 10.1 Å². The molecule has 0 saturated heterocycles. The molecular weight excluding hydrogens is 378 g/mol. The van der Waals surface area contributed by atoms with E-state index >= 15 is 0 Å². The number of hydrogen-bond acceptors (Lipinski definition) is 7. The van der Waals surface area contributed by atoms with Gasteiger partial charge in [0.1, 0.15) is 11.5 Å². The Morgan fingerprint density at radius 3 is 2.82 bits per heavy atom. The number of non-ortho nitro benzene ring substituents is 1. The lowest BCUT2D eigenvalue weighted by Crippen LogP contribution is -2.33. The molecule has 140 valence electrons. The van der Waals surface area contributed by atoms with E-state index in [0.29, 0.717) is 17.7 Å². The van der Waals surface area contributed by atoms with Gasteiger partial charge in [0.25, 0.3) is 5.69 Å². The van der Waals surface area contributed by atoms with Gasteiger partial charge in [-0.1, -0.05) is 24.3 Å². The number of fused-ring (bicyclic) bond motifs is 3. The van der Waals surface area contributed by atoms with Crippen LogP contribution in [0.1, 0.15) is 34.7 Å². The molecule has 1 N–H and O–H groups in total. The van der Waals surface area contributed by atoms with Crippen LogP contribution in [-0.2, 0) is 0 Å². The summed E-state index contributed by atoms with van der Waals surface area (Å²) in [6, 6.07) is 15.6. The Balaban J connectivity index is 1.64. The van der Waals surface area contributed by atoms with Crippen molar-refractivity contribution in [1.29, 1.82) is 0 Å². The lowest BCUT2D eigenvalue weighted by Gasteiger charge is -2.38. The van der Waals surface area contributed by atoms with E-state index in [2.05, 4.69) is 0 Å². The maximum Gasteiger partial charge on any atom is 0.270 e. The third-order valence-electron chi connectivity index (χ3n) is 4.99. The molecule has 2 unspecified atom stereocenters. The number of aromatic hydroxyl groups is 1. The molecule has 5 rings (SSSR count). The molecular formula is C20H15N3O4S. The van der Waals surface area contributed by atoms with Gasteiger partial charge in [0.05, 0.1) is 27.1 Å². The van der Waals surface area contributed by atoms with E-state index in [4.69, 9.17) is 9.84 Å². The monoisotopic (exact) mass is 393 g/mol. The van der Waals surface area contributed by atoms with Crippen LogP contribution < -0.4 is 4.74 Å². The summed E-state index contributed by atoms with van der Waals surface area (Å²) in [4.78, 5) is 11.8. The fourth-order valence-electron chi connectivity index (χ4n) is 3.68. The van der Waals surface area contributed by atoms with Crippen LogP contribution in [0, 0.1) is 10.1 Å². The lowest BCUT2D eigenvalue weighted by molar-refractivity contribution is -0.385.